The molecule has 0 aromatic heterocycles. The molecule has 114 valence electrons. The lowest BCUT2D eigenvalue weighted by Crippen LogP contribution is -2.42. The van der Waals surface area contributed by atoms with Crippen LogP contribution in [0.15, 0.2) is 16.6 Å². The van der Waals surface area contributed by atoms with Gasteiger partial charge in [0, 0.05) is 23.6 Å². The first-order valence-corrected chi connectivity index (χ1v) is 7.31. The smallest absolute Gasteiger partial charge is 0.161 e. The van der Waals surface area contributed by atoms with Crippen LogP contribution in [0.3, 0.4) is 0 Å². The highest BCUT2D eigenvalue weighted by Crippen LogP contribution is 2.34. The van der Waals surface area contributed by atoms with E-state index >= 15 is 0 Å². The van der Waals surface area contributed by atoms with E-state index in [2.05, 4.69) is 20.8 Å². The average Bonchev–Trinajstić information content (AvgIpc) is 2.40. The maximum absolute atomic E-state index is 6.02. The van der Waals surface area contributed by atoms with Crippen LogP contribution >= 0.6 is 28.3 Å². The van der Waals surface area contributed by atoms with Gasteiger partial charge in [-0.2, -0.15) is 0 Å². The largest absolute Gasteiger partial charge is 0.493 e. The van der Waals surface area contributed by atoms with E-state index in [1.807, 2.05) is 12.1 Å². The van der Waals surface area contributed by atoms with Crippen LogP contribution in [-0.2, 0) is 6.54 Å². The van der Waals surface area contributed by atoms with Crippen LogP contribution in [0.5, 0.6) is 11.5 Å². The molecule has 0 amide bonds. The van der Waals surface area contributed by atoms with Gasteiger partial charge in [0.15, 0.2) is 11.5 Å². The van der Waals surface area contributed by atoms with Gasteiger partial charge < -0.3 is 15.2 Å². The first-order chi connectivity index (χ1) is 9.13. The van der Waals surface area contributed by atoms with Gasteiger partial charge in [-0.25, -0.2) is 0 Å². The number of piperidine rings is 1. The van der Waals surface area contributed by atoms with Crippen molar-refractivity contribution in [1.29, 1.82) is 0 Å². The number of rotatable bonds is 4. The molecule has 2 N–H and O–H groups in total. The molecule has 6 heteroatoms. The second-order valence-corrected chi connectivity index (χ2v) is 5.79. The molecule has 4 nitrogen and oxygen atoms in total. The van der Waals surface area contributed by atoms with Gasteiger partial charge >= 0.3 is 0 Å². The highest BCUT2D eigenvalue weighted by Gasteiger charge is 2.18. The Morgan fingerprint density at radius 2 is 1.95 bits per heavy atom. The summed E-state index contributed by atoms with van der Waals surface area (Å²) in [5.74, 6) is 1.51. The molecule has 0 aliphatic carbocycles. The van der Waals surface area contributed by atoms with Crippen molar-refractivity contribution < 1.29 is 9.47 Å². The number of methoxy groups -OCH3 is 2. The Morgan fingerprint density at radius 1 is 1.30 bits per heavy atom. The van der Waals surface area contributed by atoms with Crippen molar-refractivity contribution in [2.75, 3.05) is 27.3 Å². The number of nitrogens with two attached hydrogens (primary N) is 1. The van der Waals surface area contributed by atoms with Crippen molar-refractivity contribution in [2.24, 2.45) is 5.73 Å². The standard InChI is InChI=1S/C14H21BrN2O2.ClH/c1-18-13-6-10(12(15)7-14(13)19-2)8-17-5-3-4-11(16)9-17;/h6-7,11H,3-5,8-9,16H2,1-2H3;1H. The molecular weight excluding hydrogens is 344 g/mol. The molecule has 1 aromatic carbocycles. The maximum atomic E-state index is 6.02. The molecule has 1 saturated heterocycles. The normalized spacial score (nSPS) is 19.3. The van der Waals surface area contributed by atoms with E-state index in [0.717, 1.165) is 42.0 Å². The van der Waals surface area contributed by atoms with Gasteiger partial charge in [-0.1, -0.05) is 15.9 Å². The number of benzene rings is 1. The molecule has 1 aliphatic heterocycles. The molecule has 0 radical (unpaired) electrons. The van der Waals surface area contributed by atoms with Crippen LogP contribution in [0.25, 0.3) is 0 Å². The Balaban J connectivity index is 0.00000200. The Bertz CT molecular complexity index is 445. The van der Waals surface area contributed by atoms with E-state index in [4.69, 9.17) is 15.2 Å². The molecule has 2 rings (SSSR count). The van der Waals surface area contributed by atoms with E-state index in [0.29, 0.717) is 6.04 Å². The highest BCUT2D eigenvalue weighted by molar-refractivity contribution is 9.10. The van der Waals surface area contributed by atoms with E-state index in [-0.39, 0.29) is 12.4 Å². The van der Waals surface area contributed by atoms with Crippen LogP contribution in [0.2, 0.25) is 0 Å². The zero-order chi connectivity index (χ0) is 13.8. The quantitative estimate of drug-likeness (QED) is 0.891. The van der Waals surface area contributed by atoms with E-state index in [1.165, 1.54) is 12.0 Å². The van der Waals surface area contributed by atoms with Gasteiger partial charge in [0.05, 0.1) is 14.2 Å². The van der Waals surface area contributed by atoms with Gasteiger partial charge in [0.25, 0.3) is 0 Å². The Morgan fingerprint density at radius 3 is 2.55 bits per heavy atom. The van der Waals surface area contributed by atoms with Gasteiger partial charge in [0.2, 0.25) is 0 Å². The summed E-state index contributed by atoms with van der Waals surface area (Å²) in [5.41, 5.74) is 7.22. The number of hydrogen-bond donors (Lipinski definition) is 1. The molecule has 1 aromatic rings. The predicted molar refractivity (Wildman–Crippen MR) is 87.0 cm³/mol. The Hall–Kier alpha value is -0.490. The summed E-state index contributed by atoms with van der Waals surface area (Å²) in [5, 5.41) is 0. The molecule has 0 bridgehead atoms. The molecule has 1 fully saturated rings. The zero-order valence-electron chi connectivity index (χ0n) is 11.9. The minimum atomic E-state index is 0. The third-order valence-corrected chi connectivity index (χ3v) is 4.23. The lowest BCUT2D eigenvalue weighted by molar-refractivity contribution is 0.201. The molecule has 0 saturated carbocycles. The topological polar surface area (TPSA) is 47.7 Å². The van der Waals surface area contributed by atoms with Crippen LogP contribution in [-0.4, -0.2) is 38.3 Å². The molecule has 1 atom stereocenters. The third kappa shape index (κ3) is 4.25. The molecule has 1 unspecified atom stereocenters. The number of ether oxygens (including phenoxy) is 2. The number of likely N-dealkylation sites (tertiary alicyclic amines) is 1. The van der Waals surface area contributed by atoms with Crippen molar-refractivity contribution in [2.45, 2.75) is 25.4 Å². The van der Waals surface area contributed by atoms with Crippen molar-refractivity contribution in [3.63, 3.8) is 0 Å². The van der Waals surface area contributed by atoms with Gasteiger partial charge in [-0.05, 0) is 37.1 Å². The van der Waals surface area contributed by atoms with Crippen LogP contribution in [0, 0.1) is 0 Å². The summed E-state index contributed by atoms with van der Waals surface area (Å²) in [6, 6.07) is 4.29. The van der Waals surface area contributed by atoms with E-state index in [1.54, 1.807) is 14.2 Å². The lowest BCUT2D eigenvalue weighted by atomic mass is 10.1. The van der Waals surface area contributed by atoms with Gasteiger partial charge in [-0.15, -0.1) is 12.4 Å². The first kappa shape index (κ1) is 17.6. The monoisotopic (exact) mass is 364 g/mol. The minimum absolute atomic E-state index is 0. The number of hydrogen-bond acceptors (Lipinski definition) is 4. The number of halogens is 2. The highest BCUT2D eigenvalue weighted by atomic mass is 79.9. The maximum Gasteiger partial charge on any atom is 0.161 e. The average molecular weight is 366 g/mol. The molecule has 20 heavy (non-hydrogen) atoms. The first-order valence-electron chi connectivity index (χ1n) is 6.52. The summed E-state index contributed by atoms with van der Waals surface area (Å²) in [6.07, 6.45) is 2.30. The predicted octanol–water partition coefficient (Wildman–Crippen LogP) is 2.81. The molecular formula is C14H22BrClN2O2. The fraction of sp³-hybridized carbons (Fsp3) is 0.571. The lowest BCUT2D eigenvalue weighted by Gasteiger charge is -2.31. The summed E-state index contributed by atoms with van der Waals surface area (Å²) >= 11 is 3.60. The molecule has 0 spiro atoms. The van der Waals surface area contributed by atoms with E-state index < -0.39 is 0 Å². The fourth-order valence-corrected chi connectivity index (χ4v) is 2.94. The van der Waals surface area contributed by atoms with Crippen LogP contribution in [0.4, 0.5) is 0 Å². The van der Waals surface area contributed by atoms with Crippen molar-refractivity contribution in [1.82, 2.24) is 4.90 Å². The van der Waals surface area contributed by atoms with E-state index in [9.17, 15) is 0 Å². The van der Waals surface area contributed by atoms with Gasteiger partial charge in [-0.3, -0.25) is 4.90 Å². The van der Waals surface area contributed by atoms with Crippen molar-refractivity contribution in [3.05, 3.63) is 22.2 Å². The van der Waals surface area contributed by atoms with Crippen LogP contribution in [0.1, 0.15) is 18.4 Å². The second kappa shape index (κ2) is 8.08. The van der Waals surface area contributed by atoms with Crippen molar-refractivity contribution >= 4 is 28.3 Å². The number of nitrogens with zero attached hydrogens (tertiary/aromatic N) is 1. The Labute approximate surface area is 135 Å². The summed E-state index contributed by atoms with van der Waals surface area (Å²) < 4.78 is 11.7. The fourth-order valence-electron chi connectivity index (χ4n) is 2.49. The summed E-state index contributed by atoms with van der Waals surface area (Å²) in [6.45, 7) is 2.95. The second-order valence-electron chi connectivity index (χ2n) is 4.94. The SMILES string of the molecule is COc1cc(Br)c(CN2CCCC(N)C2)cc1OC.Cl. The van der Waals surface area contributed by atoms with Crippen molar-refractivity contribution in [3.8, 4) is 11.5 Å². The van der Waals surface area contributed by atoms with Gasteiger partial charge in [0.1, 0.15) is 0 Å². The molecule has 1 heterocycles. The summed E-state index contributed by atoms with van der Waals surface area (Å²) in [7, 11) is 3.31. The minimum Gasteiger partial charge on any atom is -0.493 e. The zero-order valence-corrected chi connectivity index (χ0v) is 14.3. The van der Waals surface area contributed by atoms with Crippen LogP contribution < -0.4 is 15.2 Å². The Kier molecular flexibility index (Phi) is 7.09. The summed E-state index contributed by atoms with van der Waals surface area (Å²) in [4.78, 5) is 2.39. The third-order valence-electron chi connectivity index (χ3n) is 3.49. The molecule has 1 aliphatic rings.